The highest BCUT2D eigenvalue weighted by Crippen LogP contribution is 2.18. The number of nitrogens with zero attached hydrogens (tertiary/aromatic N) is 2. The minimum atomic E-state index is -0.333. The fraction of sp³-hybridized carbons (Fsp3) is 0.435. The number of hydrogen-bond donors (Lipinski definition) is 2. The van der Waals surface area contributed by atoms with E-state index < -0.39 is 0 Å². The van der Waals surface area contributed by atoms with Crippen molar-refractivity contribution >= 4 is 29.9 Å². The average Bonchev–Trinajstić information content (AvgIpc) is 2.75. The summed E-state index contributed by atoms with van der Waals surface area (Å²) in [4.78, 5) is 6.81. The summed E-state index contributed by atoms with van der Waals surface area (Å²) >= 11 is 0. The van der Waals surface area contributed by atoms with Crippen LogP contribution in [-0.2, 0) is 13.1 Å². The number of rotatable bonds is 7. The van der Waals surface area contributed by atoms with Crippen LogP contribution in [0, 0.1) is 5.82 Å². The Morgan fingerprint density at radius 3 is 2.50 bits per heavy atom. The van der Waals surface area contributed by atoms with E-state index in [-0.39, 0.29) is 29.8 Å². The molecule has 1 heterocycles. The topological polar surface area (TPSA) is 48.9 Å². The number of piperidine rings is 1. The number of ether oxygens (including phenoxy) is 1. The monoisotopic (exact) mass is 526 g/mol. The van der Waals surface area contributed by atoms with Crippen LogP contribution in [0.2, 0.25) is 0 Å². The van der Waals surface area contributed by atoms with Gasteiger partial charge in [0, 0.05) is 39.3 Å². The van der Waals surface area contributed by atoms with Gasteiger partial charge >= 0.3 is 0 Å². The van der Waals surface area contributed by atoms with Crippen LogP contribution in [0.3, 0.4) is 0 Å². The van der Waals surface area contributed by atoms with Crippen LogP contribution >= 0.6 is 24.0 Å². The second kappa shape index (κ2) is 12.7. The van der Waals surface area contributed by atoms with Gasteiger partial charge in [-0.25, -0.2) is 4.39 Å². The number of guanidine groups is 1. The molecule has 0 atom stereocenters. The van der Waals surface area contributed by atoms with E-state index >= 15 is 0 Å². The molecule has 1 aliphatic rings. The molecule has 30 heavy (non-hydrogen) atoms. The zero-order chi connectivity index (χ0) is 20.5. The molecule has 0 unspecified atom stereocenters. The van der Waals surface area contributed by atoms with Crippen molar-refractivity contribution in [3.05, 3.63) is 65.5 Å². The summed E-state index contributed by atoms with van der Waals surface area (Å²) in [5.74, 6) is 0.710. The van der Waals surface area contributed by atoms with Gasteiger partial charge in [0.05, 0.1) is 6.61 Å². The minimum absolute atomic E-state index is 0. The van der Waals surface area contributed by atoms with E-state index in [0.29, 0.717) is 24.9 Å². The Hall–Kier alpha value is -1.87. The first-order valence-corrected chi connectivity index (χ1v) is 10.3. The maximum Gasteiger partial charge on any atom is 0.191 e. The van der Waals surface area contributed by atoms with Gasteiger partial charge in [-0.05, 0) is 43.0 Å². The van der Waals surface area contributed by atoms with Crippen molar-refractivity contribution in [3.8, 4) is 5.75 Å². The minimum Gasteiger partial charge on any atom is -0.491 e. The molecule has 0 spiro atoms. The number of benzene rings is 2. The molecule has 0 aliphatic carbocycles. The molecular weight excluding hydrogens is 494 g/mol. The lowest BCUT2D eigenvalue weighted by atomic mass is 10.0. The third kappa shape index (κ3) is 7.43. The van der Waals surface area contributed by atoms with Crippen LogP contribution in [0.5, 0.6) is 5.75 Å². The van der Waals surface area contributed by atoms with Crippen molar-refractivity contribution < 1.29 is 9.13 Å². The van der Waals surface area contributed by atoms with Crippen molar-refractivity contribution in [1.29, 1.82) is 0 Å². The Kier molecular flexibility index (Phi) is 10.4. The van der Waals surface area contributed by atoms with Crippen LogP contribution in [0.25, 0.3) is 0 Å². The molecule has 3 rings (SSSR count). The van der Waals surface area contributed by atoms with Crippen molar-refractivity contribution in [1.82, 2.24) is 15.5 Å². The Bertz CT molecular complexity index is 795. The maximum absolute atomic E-state index is 14.0. The van der Waals surface area contributed by atoms with E-state index in [4.69, 9.17) is 4.74 Å². The standard InChI is InChI=1S/C23H31FN4O.HI/c1-3-29-22-10-9-19(15-21(22)24)16-26-23(25-2)27-20-11-13-28(14-12-20)17-18-7-5-4-6-8-18;/h4-10,15,20H,3,11-14,16-17H2,1-2H3,(H2,25,26,27);1H. The molecule has 0 saturated carbocycles. The van der Waals surface area contributed by atoms with Crippen LogP contribution in [0.15, 0.2) is 53.5 Å². The van der Waals surface area contributed by atoms with Crippen LogP contribution in [0.4, 0.5) is 4.39 Å². The molecule has 0 bridgehead atoms. The third-order valence-corrected chi connectivity index (χ3v) is 5.16. The molecule has 1 fully saturated rings. The fourth-order valence-electron chi connectivity index (χ4n) is 3.58. The molecule has 2 aromatic carbocycles. The summed E-state index contributed by atoms with van der Waals surface area (Å²) in [5, 5.41) is 6.78. The van der Waals surface area contributed by atoms with Crippen molar-refractivity contribution in [3.63, 3.8) is 0 Å². The molecule has 164 valence electrons. The van der Waals surface area contributed by atoms with Gasteiger partial charge < -0.3 is 15.4 Å². The summed E-state index contributed by atoms with van der Waals surface area (Å²) < 4.78 is 19.3. The Morgan fingerprint density at radius 1 is 1.13 bits per heavy atom. The number of likely N-dealkylation sites (tertiary alicyclic amines) is 1. The summed E-state index contributed by atoms with van der Waals surface area (Å²) in [6, 6.07) is 16.0. The van der Waals surface area contributed by atoms with E-state index in [9.17, 15) is 4.39 Å². The Morgan fingerprint density at radius 2 is 1.87 bits per heavy atom. The lowest BCUT2D eigenvalue weighted by Crippen LogP contribution is -2.48. The second-order valence-electron chi connectivity index (χ2n) is 7.30. The lowest BCUT2D eigenvalue weighted by Gasteiger charge is -2.33. The zero-order valence-electron chi connectivity index (χ0n) is 17.7. The van der Waals surface area contributed by atoms with Gasteiger partial charge in [-0.2, -0.15) is 0 Å². The highest BCUT2D eigenvalue weighted by Gasteiger charge is 2.20. The van der Waals surface area contributed by atoms with Crippen molar-refractivity contribution in [2.45, 2.75) is 38.9 Å². The second-order valence-corrected chi connectivity index (χ2v) is 7.30. The highest BCUT2D eigenvalue weighted by molar-refractivity contribution is 14.0. The zero-order valence-corrected chi connectivity index (χ0v) is 20.1. The predicted octanol–water partition coefficient (Wildman–Crippen LogP) is 4.17. The Balaban J connectivity index is 0.00000320. The normalized spacial score (nSPS) is 15.4. The SMILES string of the molecule is CCOc1ccc(CNC(=NC)NC2CCN(Cc3ccccc3)CC2)cc1F.I. The molecule has 0 amide bonds. The first-order chi connectivity index (χ1) is 14.2. The van der Waals surface area contributed by atoms with Crippen molar-refractivity contribution in [2.75, 3.05) is 26.7 Å². The maximum atomic E-state index is 14.0. The highest BCUT2D eigenvalue weighted by atomic mass is 127. The predicted molar refractivity (Wildman–Crippen MR) is 131 cm³/mol. The molecule has 1 saturated heterocycles. The van der Waals surface area contributed by atoms with E-state index in [0.717, 1.165) is 44.0 Å². The van der Waals surface area contributed by atoms with Crippen LogP contribution in [-0.4, -0.2) is 43.6 Å². The van der Waals surface area contributed by atoms with Gasteiger partial charge in [0.1, 0.15) is 0 Å². The van der Waals surface area contributed by atoms with Crippen LogP contribution < -0.4 is 15.4 Å². The van der Waals surface area contributed by atoms with Gasteiger partial charge in [-0.3, -0.25) is 9.89 Å². The third-order valence-electron chi connectivity index (χ3n) is 5.16. The Labute approximate surface area is 196 Å². The molecule has 5 nitrogen and oxygen atoms in total. The van der Waals surface area contributed by atoms with E-state index in [1.54, 1.807) is 13.1 Å². The molecule has 2 N–H and O–H groups in total. The van der Waals surface area contributed by atoms with E-state index in [1.165, 1.54) is 11.6 Å². The summed E-state index contributed by atoms with van der Waals surface area (Å²) in [5.41, 5.74) is 2.21. The summed E-state index contributed by atoms with van der Waals surface area (Å²) in [6.07, 6.45) is 2.15. The summed E-state index contributed by atoms with van der Waals surface area (Å²) in [6.45, 7) is 5.94. The number of hydrogen-bond acceptors (Lipinski definition) is 3. The molecular formula is C23H32FIN4O. The van der Waals surface area contributed by atoms with Crippen LogP contribution in [0.1, 0.15) is 30.9 Å². The number of aliphatic imine (C=N–C) groups is 1. The average molecular weight is 526 g/mol. The molecule has 0 radical (unpaired) electrons. The number of nitrogens with one attached hydrogen (secondary N) is 2. The van der Waals surface area contributed by atoms with E-state index in [2.05, 4.69) is 50.9 Å². The summed E-state index contributed by atoms with van der Waals surface area (Å²) in [7, 11) is 1.76. The van der Waals surface area contributed by atoms with Gasteiger partial charge in [-0.1, -0.05) is 36.4 Å². The van der Waals surface area contributed by atoms with Gasteiger partial charge in [0.2, 0.25) is 0 Å². The number of halogens is 2. The lowest BCUT2D eigenvalue weighted by molar-refractivity contribution is 0.198. The fourth-order valence-corrected chi connectivity index (χ4v) is 3.58. The van der Waals surface area contributed by atoms with Gasteiger partial charge in [0.25, 0.3) is 0 Å². The quantitative estimate of drug-likeness (QED) is 0.323. The van der Waals surface area contributed by atoms with Crippen molar-refractivity contribution in [2.24, 2.45) is 4.99 Å². The molecule has 0 aromatic heterocycles. The largest absolute Gasteiger partial charge is 0.491 e. The van der Waals surface area contributed by atoms with E-state index in [1.807, 2.05) is 13.0 Å². The first kappa shape index (κ1) is 24.4. The molecule has 1 aliphatic heterocycles. The first-order valence-electron chi connectivity index (χ1n) is 10.3. The van der Waals surface area contributed by atoms with Gasteiger partial charge in [0.15, 0.2) is 17.5 Å². The van der Waals surface area contributed by atoms with Gasteiger partial charge in [-0.15, -0.1) is 24.0 Å². The molecule has 2 aromatic rings. The molecule has 7 heteroatoms. The smallest absolute Gasteiger partial charge is 0.191 e.